The number of hydrogen-bond donors (Lipinski definition) is 0. The summed E-state index contributed by atoms with van der Waals surface area (Å²) < 4.78 is 73.2. The Labute approximate surface area is 174 Å². The molecule has 0 aromatic heterocycles. The highest BCUT2D eigenvalue weighted by Crippen LogP contribution is 2.42. The van der Waals surface area contributed by atoms with Gasteiger partial charge in [-0.2, -0.15) is 13.2 Å². The summed E-state index contributed by atoms with van der Waals surface area (Å²) in [5.74, 6) is -0.451. The smallest absolute Gasteiger partial charge is 0.364 e. The number of alkyl halides is 3. The molecule has 1 fully saturated rings. The maximum atomic E-state index is 15.0. The number of hydrogen-bond acceptors (Lipinski definition) is 1. The first-order valence-electron chi connectivity index (χ1n) is 10.8. The van der Waals surface area contributed by atoms with E-state index in [1.54, 1.807) is 12.1 Å². The minimum atomic E-state index is -4.53. The van der Waals surface area contributed by atoms with E-state index < -0.39 is 30.4 Å². The highest BCUT2D eigenvalue weighted by Gasteiger charge is 2.43. The number of rotatable bonds is 3. The van der Waals surface area contributed by atoms with E-state index in [0.717, 1.165) is 24.3 Å². The maximum absolute atomic E-state index is 15.0. The Balaban J connectivity index is 1.49. The number of halogens is 5. The number of fused-ring (bicyclic) bond motifs is 1. The molecule has 0 amide bonds. The third kappa shape index (κ3) is 4.34. The fraction of sp³-hybridized carbons (Fsp3) is 0.583. The second-order valence-electron chi connectivity index (χ2n) is 8.83. The normalized spacial score (nSPS) is 29.8. The van der Waals surface area contributed by atoms with Crippen molar-refractivity contribution in [2.75, 3.05) is 0 Å². The zero-order chi connectivity index (χ0) is 21.5. The van der Waals surface area contributed by atoms with Crippen LogP contribution in [0.25, 0.3) is 0 Å². The lowest BCUT2D eigenvalue weighted by Crippen LogP contribution is -2.37. The molecule has 4 rings (SSSR count). The predicted molar refractivity (Wildman–Crippen MR) is 105 cm³/mol. The first kappa shape index (κ1) is 21.5. The predicted octanol–water partition coefficient (Wildman–Crippen LogP) is 7.31. The van der Waals surface area contributed by atoms with Gasteiger partial charge >= 0.3 is 6.18 Å². The molecule has 30 heavy (non-hydrogen) atoms. The second kappa shape index (κ2) is 8.45. The number of ether oxygens (including phenoxy) is 1. The van der Waals surface area contributed by atoms with Gasteiger partial charge in [0.05, 0.1) is 6.61 Å². The van der Waals surface area contributed by atoms with Crippen molar-refractivity contribution in [2.45, 2.75) is 76.7 Å². The summed E-state index contributed by atoms with van der Waals surface area (Å²) in [6, 6.07) is 2.80. The molecule has 3 aliphatic rings. The van der Waals surface area contributed by atoms with Crippen LogP contribution in [0.15, 0.2) is 35.7 Å². The lowest BCUT2D eigenvalue weighted by molar-refractivity contribution is -0.226. The quantitative estimate of drug-likeness (QED) is 0.460. The van der Waals surface area contributed by atoms with E-state index >= 15 is 0 Å². The third-order valence-corrected chi connectivity index (χ3v) is 7.03. The van der Waals surface area contributed by atoms with E-state index in [1.165, 1.54) is 25.3 Å². The van der Waals surface area contributed by atoms with Crippen LogP contribution in [0.5, 0.6) is 0 Å². The molecule has 1 heterocycles. The topological polar surface area (TPSA) is 9.23 Å². The molecule has 6 heteroatoms. The van der Waals surface area contributed by atoms with Crippen LogP contribution in [0.3, 0.4) is 0 Å². The highest BCUT2D eigenvalue weighted by atomic mass is 19.4. The van der Waals surface area contributed by atoms with E-state index in [1.807, 2.05) is 0 Å². The van der Waals surface area contributed by atoms with Crippen LogP contribution in [-0.4, -0.2) is 12.3 Å². The average molecular weight is 426 g/mol. The molecular weight excluding hydrogens is 399 g/mol. The van der Waals surface area contributed by atoms with Crippen molar-refractivity contribution in [1.82, 2.24) is 0 Å². The van der Waals surface area contributed by atoms with Gasteiger partial charge in [0.25, 0.3) is 0 Å². The Morgan fingerprint density at radius 2 is 1.80 bits per heavy atom. The third-order valence-electron chi connectivity index (χ3n) is 7.03. The van der Waals surface area contributed by atoms with Crippen molar-refractivity contribution >= 4 is 0 Å². The van der Waals surface area contributed by atoms with Crippen LogP contribution in [0, 0.1) is 17.7 Å². The van der Waals surface area contributed by atoms with Gasteiger partial charge < -0.3 is 4.74 Å². The van der Waals surface area contributed by atoms with Crippen LogP contribution >= 0.6 is 0 Å². The van der Waals surface area contributed by atoms with Crippen molar-refractivity contribution in [3.8, 4) is 0 Å². The molecule has 0 N–H and O–H groups in total. The molecule has 1 aromatic carbocycles. The fourth-order valence-corrected chi connectivity index (χ4v) is 5.09. The van der Waals surface area contributed by atoms with Gasteiger partial charge in [0.15, 0.2) is 6.10 Å². The first-order chi connectivity index (χ1) is 14.3. The van der Waals surface area contributed by atoms with Gasteiger partial charge in [-0.05, 0) is 78.3 Å². The summed E-state index contributed by atoms with van der Waals surface area (Å²) in [6.45, 7) is 1.89. The Hall–Kier alpha value is -1.69. The Bertz CT molecular complexity index is 846. The average Bonchev–Trinajstić information content (AvgIpc) is 2.72. The molecular formula is C24H27F5O. The summed E-state index contributed by atoms with van der Waals surface area (Å²) in [5.41, 5.74) is 1.90. The second-order valence-corrected chi connectivity index (χ2v) is 8.83. The van der Waals surface area contributed by atoms with Gasteiger partial charge in [-0.3, -0.25) is 0 Å². The molecule has 0 bridgehead atoms. The molecule has 2 atom stereocenters. The van der Waals surface area contributed by atoms with Crippen molar-refractivity contribution in [2.24, 2.45) is 11.8 Å². The summed E-state index contributed by atoms with van der Waals surface area (Å²) >= 11 is 0. The highest BCUT2D eigenvalue weighted by molar-refractivity contribution is 5.42. The lowest BCUT2D eigenvalue weighted by atomic mass is 9.75. The van der Waals surface area contributed by atoms with Crippen LogP contribution in [0.2, 0.25) is 0 Å². The van der Waals surface area contributed by atoms with Crippen molar-refractivity contribution in [3.05, 3.63) is 58.2 Å². The number of allylic oxidation sites excluding steroid dienone is 4. The summed E-state index contributed by atoms with van der Waals surface area (Å²) in [7, 11) is 0. The molecule has 1 saturated carbocycles. The minimum Gasteiger partial charge on any atom is -0.364 e. The maximum Gasteiger partial charge on any atom is 0.414 e. The molecule has 1 aromatic rings. The van der Waals surface area contributed by atoms with E-state index in [4.69, 9.17) is 4.74 Å². The van der Waals surface area contributed by atoms with Gasteiger partial charge in [0, 0.05) is 12.3 Å². The molecule has 1 aliphatic heterocycles. The summed E-state index contributed by atoms with van der Waals surface area (Å²) in [6.07, 6.45) is 2.70. The fourth-order valence-electron chi connectivity index (χ4n) is 5.09. The minimum absolute atomic E-state index is 0.0245. The Morgan fingerprint density at radius 3 is 2.43 bits per heavy atom. The molecule has 2 unspecified atom stereocenters. The van der Waals surface area contributed by atoms with Gasteiger partial charge in [0.1, 0.15) is 11.6 Å². The van der Waals surface area contributed by atoms with Crippen LogP contribution < -0.4 is 0 Å². The summed E-state index contributed by atoms with van der Waals surface area (Å²) in [5, 5.41) is 0. The van der Waals surface area contributed by atoms with E-state index in [-0.39, 0.29) is 18.0 Å². The van der Waals surface area contributed by atoms with E-state index in [9.17, 15) is 22.0 Å². The van der Waals surface area contributed by atoms with Gasteiger partial charge in [0.2, 0.25) is 0 Å². The monoisotopic (exact) mass is 426 g/mol. The zero-order valence-electron chi connectivity index (χ0n) is 17.1. The van der Waals surface area contributed by atoms with Crippen LogP contribution in [0.4, 0.5) is 22.0 Å². The van der Waals surface area contributed by atoms with Crippen LogP contribution in [0.1, 0.15) is 68.1 Å². The van der Waals surface area contributed by atoms with Crippen molar-refractivity contribution in [3.63, 3.8) is 0 Å². The zero-order valence-corrected chi connectivity index (χ0v) is 17.1. The van der Waals surface area contributed by atoms with E-state index in [0.29, 0.717) is 23.5 Å². The lowest BCUT2D eigenvalue weighted by Gasteiger charge is -2.31. The molecule has 0 radical (unpaired) electrons. The Morgan fingerprint density at radius 1 is 1.07 bits per heavy atom. The van der Waals surface area contributed by atoms with Crippen molar-refractivity contribution in [1.29, 1.82) is 0 Å². The molecule has 2 aliphatic carbocycles. The summed E-state index contributed by atoms with van der Waals surface area (Å²) in [4.78, 5) is 0. The van der Waals surface area contributed by atoms with Gasteiger partial charge in [-0.15, -0.1) is 0 Å². The Kier molecular flexibility index (Phi) is 6.06. The van der Waals surface area contributed by atoms with Crippen molar-refractivity contribution < 1.29 is 26.7 Å². The molecule has 164 valence electrons. The molecule has 0 saturated heterocycles. The van der Waals surface area contributed by atoms with Gasteiger partial charge in [-0.1, -0.05) is 25.5 Å². The van der Waals surface area contributed by atoms with Gasteiger partial charge in [-0.25, -0.2) is 8.78 Å². The first-order valence-corrected chi connectivity index (χ1v) is 10.8. The molecule has 0 spiro atoms. The standard InChI is InChI=1S/C24H27F5O/c1-2-14-3-5-15(6-4-14)16-7-8-19(21(25)10-16)17-9-18-13-30-23(24(27,28)29)12-20(18)22(26)11-17/h7,9-11,14-15,19,23H,2-6,8,12-13H2,1H3. The molecule has 1 nitrogen and oxygen atoms in total. The SMILES string of the molecule is CCC1CCC(C2=CCC(c3cc(F)c4c(c3)COC(C(F)(F)F)C4)C(F)=C2)CC1. The van der Waals surface area contributed by atoms with E-state index in [2.05, 4.69) is 13.0 Å². The van der Waals surface area contributed by atoms with Crippen LogP contribution in [-0.2, 0) is 17.8 Å². The largest absolute Gasteiger partial charge is 0.414 e. The number of benzene rings is 1.